The molecule has 0 aliphatic rings. The van der Waals surface area contributed by atoms with Crippen molar-refractivity contribution in [2.24, 2.45) is 5.16 Å². The Labute approximate surface area is 137 Å². The lowest BCUT2D eigenvalue weighted by Gasteiger charge is -2.31. The molecule has 19 heavy (non-hydrogen) atoms. The minimum absolute atomic E-state index is 0. The lowest BCUT2D eigenvalue weighted by molar-refractivity contribution is -0.903. The summed E-state index contributed by atoms with van der Waals surface area (Å²) < 4.78 is 1.06. The highest BCUT2D eigenvalue weighted by atomic mass is 127. The first-order chi connectivity index (χ1) is 8.65. The van der Waals surface area contributed by atoms with E-state index >= 15 is 0 Å². The Kier molecular flexibility index (Phi) is 9.47. The lowest BCUT2D eigenvalue weighted by atomic mass is 10.2. The molecule has 1 aromatic rings. The molecule has 1 rings (SSSR count). The van der Waals surface area contributed by atoms with Gasteiger partial charge in [0.2, 0.25) is 0 Å². The molecule has 0 saturated heterocycles. The maximum absolute atomic E-state index is 9.09. The van der Waals surface area contributed by atoms with Crippen LogP contribution in [0.3, 0.4) is 0 Å². The Morgan fingerprint density at radius 3 is 2.26 bits per heavy atom. The van der Waals surface area contributed by atoms with Crippen molar-refractivity contribution in [3.8, 4) is 0 Å². The average Bonchev–Trinajstić information content (AvgIpc) is 2.44. The van der Waals surface area contributed by atoms with Gasteiger partial charge in [0, 0.05) is 11.3 Å². The van der Waals surface area contributed by atoms with Crippen LogP contribution in [0.2, 0.25) is 0 Å². The van der Waals surface area contributed by atoms with E-state index < -0.39 is 0 Å². The fourth-order valence-corrected chi connectivity index (χ4v) is 2.74. The zero-order chi connectivity index (χ0) is 13.4. The van der Waals surface area contributed by atoms with Crippen LogP contribution in [-0.2, 0) is 0 Å². The number of benzene rings is 1. The summed E-state index contributed by atoms with van der Waals surface area (Å²) in [5.41, 5.74) is 0.979. The minimum atomic E-state index is 0. The van der Waals surface area contributed by atoms with Gasteiger partial charge in [-0.05, 0) is 13.8 Å². The zero-order valence-electron chi connectivity index (χ0n) is 11.8. The molecule has 1 N–H and O–H groups in total. The number of oxime groups is 1. The Morgan fingerprint density at radius 2 is 1.79 bits per heavy atom. The Hall–Kier alpha value is -0.270. The van der Waals surface area contributed by atoms with E-state index in [4.69, 9.17) is 5.21 Å². The third-order valence-electron chi connectivity index (χ3n) is 3.51. The topological polar surface area (TPSA) is 32.6 Å². The third-order valence-corrected chi connectivity index (χ3v) is 4.49. The van der Waals surface area contributed by atoms with Crippen molar-refractivity contribution >= 4 is 16.8 Å². The summed E-state index contributed by atoms with van der Waals surface area (Å²) in [5.74, 6) is 0.965. The summed E-state index contributed by atoms with van der Waals surface area (Å²) in [7, 11) is 2.26. The van der Waals surface area contributed by atoms with Gasteiger partial charge >= 0.3 is 0 Å². The van der Waals surface area contributed by atoms with Gasteiger partial charge in [0.1, 0.15) is 5.04 Å². The molecule has 0 radical (unpaired) electrons. The van der Waals surface area contributed by atoms with Gasteiger partial charge in [-0.25, -0.2) is 0 Å². The number of hydrogen-bond acceptors (Lipinski definition) is 3. The van der Waals surface area contributed by atoms with E-state index in [9.17, 15) is 0 Å². The molecule has 3 nitrogen and oxygen atoms in total. The van der Waals surface area contributed by atoms with Crippen LogP contribution in [-0.4, -0.2) is 47.2 Å². The van der Waals surface area contributed by atoms with E-state index in [0.717, 1.165) is 35.4 Å². The average molecular weight is 394 g/mol. The van der Waals surface area contributed by atoms with Gasteiger partial charge in [0.25, 0.3) is 0 Å². The highest BCUT2D eigenvalue weighted by molar-refractivity contribution is 8.14. The summed E-state index contributed by atoms with van der Waals surface area (Å²) in [4.78, 5) is 0. The quantitative estimate of drug-likeness (QED) is 0.185. The largest absolute Gasteiger partial charge is 1.00 e. The second-order valence-corrected chi connectivity index (χ2v) is 5.68. The van der Waals surface area contributed by atoms with Crippen LogP contribution in [0.4, 0.5) is 0 Å². The van der Waals surface area contributed by atoms with Crippen LogP contribution in [0.1, 0.15) is 19.4 Å². The van der Waals surface area contributed by atoms with Crippen molar-refractivity contribution in [2.45, 2.75) is 13.8 Å². The first kappa shape index (κ1) is 18.7. The highest BCUT2D eigenvalue weighted by Gasteiger charge is 2.16. The van der Waals surface area contributed by atoms with Gasteiger partial charge in [0.05, 0.1) is 26.7 Å². The minimum Gasteiger partial charge on any atom is -1.00 e. The number of nitrogens with zero attached hydrogens (tertiary/aromatic N) is 2. The molecule has 0 unspecified atom stereocenters. The predicted octanol–water partition coefficient (Wildman–Crippen LogP) is 0.0460. The summed E-state index contributed by atoms with van der Waals surface area (Å²) in [6.07, 6.45) is 0. The van der Waals surface area contributed by atoms with Crippen molar-refractivity contribution in [3.05, 3.63) is 35.9 Å². The SMILES string of the molecule is CC[N+](C)(CC)CCS/C(=N/O)c1ccccc1.[I-]. The fourth-order valence-electron chi connectivity index (χ4n) is 1.65. The normalized spacial score (nSPS) is 12.1. The highest BCUT2D eigenvalue weighted by Crippen LogP contribution is 2.15. The molecule has 108 valence electrons. The molecule has 0 aliphatic heterocycles. The van der Waals surface area contributed by atoms with Crippen molar-refractivity contribution in [3.63, 3.8) is 0 Å². The van der Waals surface area contributed by atoms with E-state index in [1.807, 2.05) is 30.3 Å². The maximum Gasteiger partial charge on any atom is 0.143 e. The molecule has 0 heterocycles. The van der Waals surface area contributed by atoms with E-state index in [0.29, 0.717) is 5.04 Å². The molecule has 0 bridgehead atoms. The Bertz CT molecular complexity index is 380. The molecule has 1 aromatic carbocycles. The number of thioether (sulfide) groups is 1. The monoisotopic (exact) mass is 394 g/mol. The van der Waals surface area contributed by atoms with Crippen LogP contribution in [0.15, 0.2) is 35.5 Å². The maximum atomic E-state index is 9.09. The number of hydrogen-bond donors (Lipinski definition) is 1. The summed E-state index contributed by atoms with van der Waals surface area (Å²) in [6.45, 7) is 7.78. The third kappa shape index (κ3) is 6.14. The van der Waals surface area contributed by atoms with Crippen molar-refractivity contribution in [2.75, 3.05) is 32.4 Å². The predicted molar refractivity (Wildman–Crippen MR) is 79.4 cm³/mol. The Morgan fingerprint density at radius 1 is 1.21 bits per heavy atom. The van der Waals surface area contributed by atoms with Gasteiger partial charge in [-0.3, -0.25) is 0 Å². The smallest absolute Gasteiger partial charge is 0.143 e. The summed E-state index contributed by atoms with van der Waals surface area (Å²) in [6, 6.07) is 9.81. The van der Waals surface area contributed by atoms with E-state index in [-0.39, 0.29) is 24.0 Å². The molecule has 0 fully saturated rings. The molecular formula is C14H23IN2OS. The first-order valence-corrected chi connectivity index (χ1v) is 7.37. The van der Waals surface area contributed by atoms with Crippen molar-refractivity contribution in [1.29, 1.82) is 0 Å². The second kappa shape index (κ2) is 9.61. The van der Waals surface area contributed by atoms with Gasteiger partial charge in [0.15, 0.2) is 0 Å². The van der Waals surface area contributed by atoms with E-state index in [2.05, 4.69) is 26.1 Å². The molecule has 5 heteroatoms. The summed E-state index contributed by atoms with van der Waals surface area (Å²) >= 11 is 1.62. The van der Waals surface area contributed by atoms with Crippen LogP contribution in [0.25, 0.3) is 0 Å². The van der Waals surface area contributed by atoms with Crippen LogP contribution >= 0.6 is 11.8 Å². The van der Waals surface area contributed by atoms with Crippen LogP contribution in [0.5, 0.6) is 0 Å². The van der Waals surface area contributed by atoms with Crippen LogP contribution in [0, 0.1) is 0 Å². The zero-order valence-corrected chi connectivity index (χ0v) is 14.8. The van der Waals surface area contributed by atoms with Gasteiger partial charge in [-0.1, -0.05) is 47.2 Å². The molecular weight excluding hydrogens is 371 g/mol. The van der Waals surface area contributed by atoms with Crippen LogP contribution < -0.4 is 24.0 Å². The number of quaternary nitrogens is 1. The van der Waals surface area contributed by atoms with Gasteiger partial charge in [-0.15, -0.1) is 0 Å². The van der Waals surface area contributed by atoms with E-state index in [1.54, 1.807) is 11.8 Å². The second-order valence-electron chi connectivity index (χ2n) is 4.60. The molecule has 0 amide bonds. The van der Waals surface area contributed by atoms with Crippen molar-refractivity contribution < 1.29 is 33.7 Å². The van der Waals surface area contributed by atoms with Gasteiger partial charge in [-0.2, -0.15) is 0 Å². The van der Waals surface area contributed by atoms with Crippen molar-refractivity contribution in [1.82, 2.24) is 0 Å². The standard InChI is InChI=1S/C14H22N2OS.HI/c1-4-16(3,5-2)11-12-18-14(15-17)13-9-7-6-8-10-13;/h6-10H,4-5,11-12H2,1-3H3;1H/b15-14+;. The number of halogens is 1. The fraction of sp³-hybridized carbons (Fsp3) is 0.500. The lowest BCUT2D eigenvalue weighted by Crippen LogP contribution is -3.00. The molecule has 0 saturated carbocycles. The first-order valence-electron chi connectivity index (χ1n) is 6.39. The molecule has 0 spiro atoms. The Balaban J connectivity index is 0.00000324. The molecule has 0 atom stereocenters. The number of rotatable bonds is 6. The van der Waals surface area contributed by atoms with E-state index in [1.165, 1.54) is 0 Å². The molecule has 0 aromatic heterocycles. The van der Waals surface area contributed by atoms with Gasteiger partial charge < -0.3 is 33.7 Å². The molecule has 0 aliphatic carbocycles. The summed E-state index contributed by atoms with van der Waals surface area (Å²) in [5, 5.41) is 13.2.